The highest BCUT2D eigenvalue weighted by Crippen LogP contribution is 2.23. The molecule has 26 heavy (non-hydrogen) atoms. The first-order chi connectivity index (χ1) is 11.8. The number of aliphatic hydroxyl groups is 1. The summed E-state index contributed by atoms with van der Waals surface area (Å²) in [6.45, 7) is 11.4. The molecule has 6 nitrogen and oxygen atoms in total. The number of nitrogens with one attached hydrogen (secondary N) is 2. The summed E-state index contributed by atoms with van der Waals surface area (Å²) in [5.74, 6) is 1.99. The molecule has 3 N–H and O–H groups in total. The number of guanidine groups is 1. The third kappa shape index (κ3) is 6.55. The molecule has 2 heterocycles. The van der Waals surface area contributed by atoms with Crippen LogP contribution >= 0.6 is 35.3 Å². The predicted molar refractivity (Wildman–Crippen MR) is 118 cm³/mol. The lowest BCUT2D eigenvalue weighted by atomic mass is 10.0. The van der Waals surface area contributed by atoms with Crippen LogP contribution in [0.3, 0.4) is 0 Å². The maximum absolute atomic E-state index is 10.6. The molecule has 0 amide bonds. The summed E-state index contributed by atoms with van der Waals surface area (Å²) in [5, 5.41) is 18.2. The van der Waals surface area contributed by atoms with E-state index in [9.17, 15) is 5.11 Å². The van der Waals surface area contributed by atoms with Gasteiger partial charge in [0.2, 0.25) is 0 Å². The molecule has 146 valence electrons. The number of hydrogen-bond acceptors (Lipinski definition) is 5. The lowest BCUT2D eigenvalue weighted by Crippen LogP contribution is -2.39. The molecular formula is C18H29IN4O2S. The molecule has 2 rings (SSSR count). The van der Waals surface area contributed by atoms with Gasteiger partial charge in [-0.3, -0.25) is 0 Å². The molecule has 0 aliphatic rings. The van der Waals surface area contributed by atoms with Crippen LogP contribution in [-0.2, 0) is 12.0 Å². The normalized spacial score (nSPS) is 13.8. The molecule has 0 fully saturated rings. The Morgan fingerprint density at radius 2 is 2.04 bits per heavy atom. The van der Waals surface area contributed by atoms with Gasteiger partial charge in [0.05, 0.1) is 17.2 Å². The number of furan rings is 1. The molecule has 1 atom stereocenters. The molecule has 0 aliphatic heterocycles. The lowest BCUT2D eigenvalue weighted by molar-refractivity contribution is 0.0428. The second-order valence-electron chi connectivity index (χ2n) is 6.30. The van der Waals surface area contributed by atoms with Crippen molar-refractivity contribution in [2.75, 3.05) is 19.6 Å². The van der Waals surface area contributed by atoms with E-state index >= 15 is 0 Å². The quantitative estimate of drug-likeness (QED) is 0.314. The average molecular weight is 492 g/mol. The van der Waals surface area contributed by atoms with Crippen molar-refractivity contribution in [1.29, 1.82) is 0 Å². The highest BCUT2D eigenvalue weighted by Gasteiger charge is 2.26. The van der Waals surface area contributed by atoms with E-state index in [1.165, 1.54) is 4.88 Å². The first kappa shape index (κ1) is 22.9. The van der Waals surface area contributed by atoms with Crippen molar-refractivity contribution in [3.05, 3.63) is 39.2 Å². The van der Waals surface area contributed by atoms with Crippen molar-refractivity contribution < 1.29 is 9.52 Å². The van der Waals surface area contributed by atoms with Crippen molar-refractivity contribution in [3.8, 4) is 0 Å². The molecule has 2 aromatic rings. The van der Waals surface area contributed by atoms with Crippen molar-refractivity contribution >= 4 is 41.3 Å². The molecule has 0 aliphatic carbocycles. The number of aromatic nitrogens is 1. The topological polar surface area (TPSA) is 82.7 Å². The molecule has 0 saturated heterocycles. The van der Waals surface area contributed by atoms with Gasteiger partial charge in [-0.15, -0.1) is 35.3 Å². The SMILES string of the molecule is CCNC(=NCC(C)(O)c1ccc(C)o1)NCCc1sc(C)nc1C.I. The molecular weight excluding hydrogens is 463 g/mol. The van der Waals surface area contributed by atoms with E-state index in [0.29, 0.717) is 11.7 Å². The zero-order valence-electron chi connectivity index (χ0n) is 16.0. The lowest BCUT2D eigenvalue weighted by Gasteiger charge is -2.19. The molecule has 0 bridgehead atoms. The molecule has 0 spiro atoms. The number of halogens is 1. The second-order valence-corrected chi connectivity index (χ2v) is 7.59. The van der Waals surface area contributed by atoms with Crippen LogP contribution in [0, 0.1) is 20.8 Å². The Hall–Kier alpha value is -1.13. The summed E-state index contributed by atoms with van der Waals surface area (Å²) in [4.78, 5) is 10.2. The summed E-state index contributed by atoms with van der Waals surface area (Å²) in [5.41, 5.74) is -0.0375. The third-order valence-electron chi connectivity index (χ3n) is 3.80. The standard InChI is InChI=1S/C18H28N4O2S.HI/c1-6-19-17(20-10-9-15-13(3)22-14(4)25-15)21-11-18(5,23)16-8-7-12(2)24-16;/h7-8,23H,6,9-11H2,1-5H3,(H2,19,20,21);1H. The first-order valence-electron chi connectivity index (χ1n) is 8.56. The second kappa shape index (κ2) is 10.3. The van der Waals surface area contributed by atoms with Crippen LogP contribution in [-0.4, -0.2) is 35.7 Å². The Bertz CT molecular complexity index is 725. The number of thiazole rings is 1. The number of hydrogen-bond donors (Lipinski definition) is 3. The van der Waals surface area contributed by atoms with Gasteiger partial charge < -0.3 is 20.2 Å². The van der Waals surface area contributed by atoms with Crippen molar-refractivity contribution in [2.45, 2.75) is 46.6 Å². The van der Waals surface area contributed by atoms with Crippen molar-refractivity contribution in [1.82, 2.24) is 15.6 Å². The fraction of sp³-hybridized carbons (Fsp3) is 0.556. The molecule has 0 saturated carbocycles. The van der Waals surface area contributed by atoms with E-state index in [1.54, 1.807) is 24.3 Å². The zero-order valence-corrected chi connectivity index (χ0v) is 19.2. The maximum atomic E-state index is 10.6. The summed E-state index contributed by atoms with van der Waals surface area (Å²) in [6.07, 6.45) is 0.898. The van der Waals surface area contributed by atoms with Gasteiger partial charge in [0.15, 0.2) is 5.96 Å². The van der Waals surface area contributed by atoms with Gasteiger partial charge in [-0.1, -0.05) is 0 Å². The van der Waals surface area contributed by atoms with Gasteiger partial charge in [-0.25, -0.2) is 9.98 Å². The van der Waals surface area contributed by atoms with Crippen LogP contribution in [0.25, 0.3) is 0 Å². The van der Waals surface area contributed by atoms with Crippen LogP contribution in [0.5, 0.6) is 0 Å². The van der Waals surface area contributed by atoms with Gasteiger partial charge in [-0.2, -0.15) is 0 Å². The van der Waals surface area contributed by atoms with Crippen LogP contribution in [0.15, 0.2) is 21.5 Å². The van der Waals surface area contributed by atoms with Crippen LogP contribution in [0.4, 0.5) is 0 Å². The van der Waals surface area contributed by atoms with Crippen LogP contribution in [0.1, 0.15) is 40.9 Å². The highest BCUT2D eigenvalue weighted by molar-refractivity contribution is 14.0. The van der Waals surface area contributed by atoms with E-state index in [4.69, 9.17) is 4.42 Å². The zero-order chi connectivity index (χ0) is 18.4. The fourth-order valence-corrected chi connectivity index (χ4v) is 3.41. The van der Waals surface area contributed by atoms with Crippen molar-refractivity contribution in [3.63, 3.8) is 0 Å². The average Bonchev–Trinajstić information content (AvgIpc) is 3.11. The van der Waals surface area contributed by atoms with Gasteiger partial charge in [0.1, 0.15) is 17.1 Å². The van der Waals surface area contributed by atoms with Gasteiger partial charge in [0.25, 0.3) is 0 Å². The minimum Gasteiger partial charge on any atom is -0.463 e. The molecule has 1 unspecified atom stereocenters. The van der Waals surface area contributed by atoms with Gasteiger partial charge in [-0.05, 0) is 46.8 Å². The predicted octanol–water partition coefficient (Wildman–Crippen LogP) is 3.28. The molecule has 0 aromatic carbocycles. The van der Waals surface area contributed by atoms with Crippen LogP contribution in [0.2, 0.25) is 0 Å². The maximum Gasteiger partial charge on any atom is 0.191 e. The largest absolute Gasteiger partial charge is 0.463 e. The Kier molecular flexibility index (Phi) is 9.05. The third-order valence-corrected chi connectivity index (χ3v) is 4.94. The summed E-state index contributed by atoms with van der Waals surface area (Å²) < 4.78 is 5.53. The Balaban J connectivity index is 0.00000338. The van der Waals surface area contributed by atoms with Crippen molar-refractivity contribution in [2.24, 2.45) is 4.99 Å². The van der Waals surface area contributed by atoms with Crippen LogP contribution < -0.4 is 10.6 Å². The summed E-state index contributed by atoms with van der Waals surface area (Å²) in [6, 6.07) is 3.64. The molecule has 0 radical (unpaired) electrons. The van der Waals surface area contributed by atoms with E-state index < -0.39 is 5.60 Å². The minimum atomic E-state index is -1.14. The number of rotatable bonds is 7. The molecule has 8 heteroatoms. The summed E-state index contributed by atoms with van der Waals surface area (Å²) in [7, 11) is 0. The summed E-state index contributed by atoms with van der Waals surface area (Å²) >= 11 is 1.73. The first-order valence-corrected chi connectivity index (χ1v) is 9.38. The van der Waals surface area contributed by atoms with E-state index in [-0.39, 0.29) is 30.5 Å². The Morgan fingerprint density at radius 1 is 1.31 bits per heavy atom. The number of aliphatic imine (C=N–C) groups is 1. The smallest absolute Gasteiger partial charge is 0.191 e. The Morgan fingerprint density at radius 3 is 2.58 bits per heavy atom. The Labute approximate surface area is 176 Å². The van der Waals surface area contributed by atoms with Gasteiger partial charge in [0, 0.05) is 24.4 Å². The van der Waals surface area contributed by atoms with E-state index in [2.05, 4.69) is 20.6 Å². The fourth-order valence-electron chi connectivity index (χ4n) is 2.48. The minimum absolute atomic E-state index is 0. The monoisotopic (exact) mass is 492 g/mol. The van der Waals surface area contributed by atoms with Gasteiger partial charge >= 0.3 is 0 Å². The number of aryl methyl sites for hydroxylation is 3. The van der Waals surface area contributed by atoms with E-state index in [1.807, 2.05) is 33.8 Å². The van der Waals surface area contributed by atoms with E-state index in [0.717, 1.165) is 36.0 Å². The molecule has 2 aromatic heterocycles. The number of nitrogens with zero attached hydrogens (tertiary/aromatic N) is 2. The highest BCUT2D eigenvalue weighted by atomic mass is 127.